The van der Waals surface area contributed by atoms with Crippen LogP contribution in [0.1, 0.15) is 28.2 Å². The molecule has 0 fully saturated rings. The summed E-state index contributed by atoms with van der Waals surface area (Å²) >= 11 is 5.77. The third kappa shape index (κ3) is 3.56. The Balaban J connectivity index is 1.56. The van der Waals surface area contributed by atoms with E-state index in [-0.39, 0.29) is 36.2 Å². The molecule has 2 aliphatic heterocycles. The Hall–Kier alpha value is -2.65. The maximum atomic E-state index is 13.3. The summed E-state index contributed by atoms with van der Waals surface area (Å²) in [7, 11) is 1.67. The molecule has 0 aliphatic carbocycles. The second kappa shape index (κ2) is 7.64. The van der Waals surface area contributed by atoms with Crippen LogP contribution in [0, 0.1) is 5.82 Å². The molecule has 0 bridgehead atoms. The number of hydrogen-bond acceptors (Lipinski definition) is 4. The molecule has 1 aromatic heterocycles. The number of rotatable bonds is 2. The van der Waals surface area contributed by atoms with Gasteiger partial charge >= 0.3 is 6.03 Å². The molecule has 4 rings (SSSR count). The van der Waals surface area contributed by atoms with Crippen molar-refractivity contribution in [2.75, 3.05) is 25.5 Å². The lowest BCUT2D eigenvalue weighted by molar-refractivity contribution is 0.0660. The number of likely N-dealkylation sites (N-methyl/N-ethyl adjacent to an activating group) is 1. The van der Waals surface area contributed by atoms with Crippen molar-refractivity contribution in [3.8, 4) is 0 Å². The van der Waals surface area contributed by atoms with Crippen LogP contribution in [0.3, 0.4) is 0 Å². The molecular weight excluding hydrogens is 401 g/mol. The maximum Gasteiger partial charge on any atom is 0.322 e. The van der Waals surface area contributed by atoms with Gasteiger partial charge in [-0.05, 0) is 24.6 Å². The third-order valence-electron chi connectivity index (χ3n) is 5.51. The van der Waals surface area contributed by atoms with E-state index in [0.717, 1.165) is 11.3 Å². The summed E-state index contributed by atoms with van der Waals surface area (Å²) in [6.07, 6.45) is 1.15. The van der Waals surface area contributed by atoms with Crippen LogP contribution < -0.4 is 5.32 Å². The minimum absolute atomic E-state index is 0.0715. The van der Waals surface area contributed by atoms with E-state index in [2.05, 4.69) is 10.4 Å². The molecule has 2 aliphatic rings. The number of aliphatic hydroxyl groups is 1. The van der Waals surface area contributed by atoms with Crippen molar-refractivity contribution in [3.63, 3.8) is 0 Å². The fourth-order valence-corrected chi connectivity index (χ4v) is 3.97. The number of aromatic nitrogens is 2. The van der Waals surface area contributed by atoms with Crippen molar-refractivity contribution in [3.05, 3.63) is 46.0 Å². The topological polar surface area (TPSA) is 90.7 Å². The number of fused-ring (bicyclic) bond motifs is 3. The van der Waals surface area contributed by atoms with E-state index < -0.39 is 5.82 Å². The van der Waals surface area contributed by atoms with Gasteiger partial charge in [0.1, 0.15) is 11.5 Å². The Kier molecular flexibility index (Phi) is 5.18. The predicted molar refractivity (Wildman–Crippen MR) is 104 cm³/mol. The monoisotopic (exact) mass is 421 g/mol. The average molecular weight is 422 g/mol. The van der Waals surface area contributed by atoms with Crippen molar-refractivity contribution >= 4 is 29.2 Å². The van der Waals surface area contributed by atoms with E-state index in [1.807, 2.05) is 0 Å². The molecule has 0 saturated carbocycles. The normalized spacial score (nSPS) is 18.9. The van der Waals surface area contributed by atoms with Crippen molar-refractivity contribution < 1.29 is 19.1 Å². The van der Waals surface area contributed by atoms with Crippen LogP contribution in [-0.2, 0) is 19.5 Å². The molecule has 0 spiro atoms. The summed E-state index contributed by atoms with van der Waals surface area (Å²) in [6.45, 7) is 1.12. The first-order chi connectivity index (χ1) is 13.9. The number of carbonyl (C=O) groups is 2. The summed E-state index contributed by atoms with van der Waals surface area (Å²) in [5.74, 6) is -0.762. The zero-order valence-electron chi connectivity index (χ0n) is 15.9. The zero-order valence-corrected chi connectivity index (χ0v) is 16.6. The number of carbonyl (C=O) groups excluding carboxylic acids is 2. The lowest BCUT2D eigenvalue weighted by atomic mass is 10.0. The van der Waals surface area contributed by atoms with Gasteiger partial charge < -0.3 is 20.2 Å². The van der Waals surface area contributed by atoms with Gasteiger partial charge in [0, 0.05) is 37.8 Å². The molecule has 154 valence electrons. The lowest BCUT2D eigenvalue weighted by Gasteiger charge is -2.28. The van der Waals surface area contributed by atoms with Crippen LogP contribution in [-0.4, -0.2) is 62.9 Å². The van der Waals surface area contributed by atoms with Gasteiger partial charge in [-0.2, -0.15) is 5.10 Å². The van der Waals surface area contributed by atoms with Gasteiger partial charge in [0.2, 0.25) is 0 Å². The van der Waals surface area contributed by atoms with Crippen LogP contribution in [0.5, 0.6) is 0 Å². The van der Waals surface area contributed by atoms with Crippen molar-refractivity contribution in [1.82, 2.24) is 19.6 Å². The number of anilines is 1. The highest BCUT2D eigenvalue weighted by Crippen LogP contribution is 2.27. The molecule has 1 atom stereocenters. The Morgan fingerprint density at radius 2 is 2.21 bits per heavy atom. The van der Waals surface area contributed by atoms with Gasteiger partial charge in [-0.3, -0.25) is 9.48 Å². The van der Waals surface area contributed by atoms with Crippen LogP contribution in [0.25, 0.3) is 0 Å². The molecule has 1 unspecified atom stereocenters. The Morgan fingerprint density at radius 1 is 1.41 bits per heavy atom. The van der Waals surface area contributed by atoms with Crippen molar-refractivity contribution in [2.45, 2.75) is 32.0 Å². The van der Waals surface area contributed by atoms with E-state index in [1.54, 1.807) is 21.5 Å². The van der Waals surface area contributed by atoms with Gasteiger partial charge in [-0.25, -0.2) is 9.18 Å². The highest BCUT2D eigenvalue weighted by molar-refractivity contribution is 6.31. The van der Waals surface area contributed by atoms with Gasteiger partial charge in [0.25, 0.3) is 5.91 Å². The Bertz CT molecular complexity index is 979. The summed E-state index contributed by atoms with van der Waals surface area (Å²) in [5.41, 5.74) is 2.42. The number of aryl methyl sites for hydroxylation is 1. The summed E-state index contributed by atoms with van der Waals surface area (Å²) in [4.78, 5) is 28.8. The molecule has 2 aromatic rings. The van der Waals surface area contributed by atoms with Crippen LogP contribution >= 0.6 is 11.6 Å². The minimum atomic E-state index is -0.557. The molecule has 3 amide bonds. The van der Waals surface area contributed by atoms with Gasteiger partial charge in [-0.15, -0.1) is 0 Å². The number of aliphatic hydroxyl groups excluding tert-OH is 1. The first kappa shape index (κ1) is 19.7. The number of urea groups is 1. The van der Waals surface area contributed by atoms with E-state index in [1.165, 1.54) is 18.2 Å². The molecule has 0 radical (unpaired) electrons. The van der Waals surface area contributed by atoms with Gasteiger partial charge in [0.05, 0.1) is 29.9 Å². The van der Waals surface area contributed by atoms with E-state index in [4.69, 9.17) is 11.6 Å². The number of amides is 3. The number of nitrogens with zero attached hydrogens (tertiary/aromatic N) is 4. The van der Waals surface area contributed by atoms with Gasteiger partial charge in [0.15, 0.2) is 0 Å². The minimum Gasteiger partial charge on any atom is -0.394 e. The number of halogens is 2. The SMILES string of the molecule is CN1C(=O)c2c3c(nn2CCC1CO)CCN(C(=O)Nc1ccc(F)c(Cl)c1)C3. The van der Waals surface area contributed by atoms with Crippen LogP contribution in [0.4, 0.5) is 14.9 Å². The molecule has 3 heterocycles. The quantitative estimate of drug-likeness (QED) is 0.777. The number of hydrogen-bond donors (Lipinski definition) is 2. The molecule has 8 nitrogen and oxygen atoms in total. The molecule has 10 heteroatoms. The first-order valence-corrected chi connectivity index (χ1v) is 9.74. The number of nitrogens with one attached hydrogen (secondary N) is 1. The summed E-state index contributed by atoms with van der Waals surface area (Å²) < 4.78 is 15.0. The van der Waals surface area contributed by atoms with Crippen LogP contribution in [0.2, 0.25) is 5.02 Å². The molecular formula is C19H21ClFN5O3. The Morgan fingerprint density at radius 3 is 2.93 bits per heavy atom. The molecule has 1 aromatic carbocycles. The Labute approximate surface area is 171 Å². The van der Waals surface area contributed by atoms with E-state index in [9.17, 15) is 19.1 Å². The highest BCUT2D eigenvalue weighted by atomic mass is 35.5. The molecule has 29 heavy (non-hydrogen) atoms. The van der Waals surface area contributed by atoms with Crippen molar-refractivity contribution in [1.29, 1.82) is 0 Å². The summed E-state index contributed by atoms with van der Waals surface area (Å²) in [6, 6.07) is 3.36. The smallest absolute Gasteiger partial charge is 0.322 e. The first-order valence-electron chi connectivity index (χ1n) is 9.36. The van der Waals surface area contributed by atoms with E-state index >= 15 is 0 Å². The summed E-state index contributed by atoms with van der Waals surface area (Å²) in [5, 5.41) is 16.7. The largest absolute Gasteiger partial charge is 0.394 e. The highest BCUT2D eigenvalue weighted by Gasteiger charge is 2.35. The van der Waals surface area contributed by atoms with Gasteiger partial charge in [-0.1, -0.05) is 11.6 Å². The number of benzene rings is 1. The predicted octanol–water partition coefficient (Wildman–Crippen LogP) is 2.10. The van der Waals surface area contributed by atoms with Crippen molar-refractivity contribution in [2.24, 2.45) is 0 Å². The fraction of sp³-hybridized carbons (Fsp3) is 0.421. The van der Waals surface area contributed by atoms with Crippen LogP contribution in [0.15, 0.2) is 18.2 Å². The molecule has 0 saturated heterocycles. The standard InChI is InChI=1S/C19H21ClFN5O3/c1-24-12(10-27)4-7-26-17(18(24)28)13-9-25(6-5-16(13)23-26)19(29)22-11-2-3-15(21)14(20)8-11/h2-3,8,12,27H,4-7,9-10H2,1H3,(H,22,29). The lowest BCUT2D eigenvalue weighted by Crippen LogP contribution is -2.41. The maximum absolute atomic E-state index is 13.3. The zero-order chi connectivity index (χ0) is 20.7. The third-order valence-corrected chi connectivity index (χ3v) is 5.80. The molecule has 2 N–H and O–H groups in total. The van der Waals surface area contributed by atoms with E-state index in [0.29, 0.717) is 37.3 Å². The fourth-order valence-electron chi connectivity index (χ4n) is 3.79. The average Bonchev–Trinajstić information content (AvgIpc) is 3.02. The second-order valence-corrected chi connectivity index (χ2v) is 7.68. The second-order valence-electron chi connectivity index (χ2n) is 7.27.